The van der Waals surface area contributed by atoms with Gasteiger partial charge in [0.2, 0.25) is 5.95 Å². The highest BCUT2D eigenvalue weighted by Gasteiger charge is 2.26. The molecule has 0 aromatic carbocycles. The van der Waals surface area contributed by atoms with Gasteiger partial charge in [-0.3, -0.25) is 4.79 Å². The second kappa shape index (κ2) is 5.07. The molecule has 2 heterocycles. The zero-order valence-corrected chi connectivity index (χ0v) is 11.6. The first-order valence-electron chi connectivity index (χ1n) is 6.80. The molecule has 3 rings (SSSR count). The number of ketones is 1. The number of Topliss-reactive ketones (excluding diaryl/α,β-unsaturated/α-hetero) is 1. The zero-order valence-electron chi connectivity index (χ0n) is 11.6. The van der Waals surface area contributed by atoms with Gasteiger partial charge in [0.25, 0.3) is 0 Å². The molecular weight excluding hydrogens is 254 g/mol. The van der Waals surface area contributed by atoms with Crippen LogP contribution in [0, 0.1) is 12.8 Å². The number of furan rings is 1. The Morgan fingerprint density at radius 3 is 3.00 bits per heavy atom. The van der Waals surface area contributed by atoms with Crippen molar-refractivity contribution >= 4 is 11.7 Å². The van der Waals surface area contributed by atoms with Crippen molar-refractivity contribution in [2.24, 2.45) is 5.92 Å². The van der Waals surface area contributed by atoms with E-state index in [2.05, 4.69) is 22.2 Å². The van der Waals surface area contributed by atoms with E-state index in [9.17, 15) is 4.79 Å². The predicted molar refractivity (Wildman–Crippen MR) is 74.6 cm³/mol. The Hall–Kier alpha value is -2.17. The number of hydrogen-bond acceptors (Lipinski definition) is 5. The summed E-state index contributed by atoms with van der Waals surface area (Å²) in [5.41, 5.74) is 2.34. The number of fused-ring (bicyclic) bond motifs is 1. The van der Waals surface area contributed by atoms with Crippen LogP contribution in [0.25, 0.3) is 0 Å². The lowest BCUT2D eigenvalue weighted by Crippen LogP contribution is -2.22. The average Bonchev–Trinajstić information content (AvgIpc) is 2.88. The second-order valence-corrected chi connectivity index (χ2v) is 5.32. The van der Waals surface area contributed by atoms with Gasteiger partial charge in [-0.15, -0.1) is 0 Å². The topological polar surface area (TPSA) is 68.0 Å². The Balaban J connectivity index is 1.85. The largest absolute Gasteiger partial charge is 0.467 e. The molecular formula is C15H17N3O2. The highest BCUT2D eigenvalue weighted by molar-refractivity contribution is 5.99. The van der Waals surface area contributed by atoms with Crippen molar-refractivity contribution in [3.8, 4) is 0 Å². The summed E-state index contributed by atoms with van der Waals surface area (Å²) >= 11 is 0. The maximum absolute atomic E-state index is 12.1. The number of nitrogens with zero attached hydrogens (tertiary/aromatic N) is 2. The van der Waals surface area contributed by atoms with Crippen molar-refractivity contribution < 1.29 is 9.21 Å². The molecule has 2 aromatic heterocycles. The minimum atomic E-state index is 0.161. The molecule has 0 radical (unpaired) electrons. The molecule has 5 nitrogen and oxygen atoms in total. The number of aryl methyl sites for hydroxylation is 1. The van der Waals surface area contributed by atoms with E-state index < -0.39 is 0 Å². The fourth-order valence-electron chi connectivity index (χ4n) is 2.62. The fourth-order valence-corrected chi connectivity index (χ4v) is 2.62. The third-order valence-electron chi connectivity index (χ3n) is 3.52. The quantitative estimate of drug-likeness (QED) is 0.929. The van der Waals surface area contributed by atoms with Gasteiger partial charge in [-0.25, -0.2) is 9.97 Å². The van der Waals surface area contributed by atoms with Gasteiger partial charge in [0.15, 0.2) is 5.78 Å². The number of anilines is 1. The van der Waals surface area contributed by atoms with Gasteiger partial charge >= 0.3 is 0 Å². The lowest BCUT2D eigenvalue weighted by molar-refractivity contribution is 0.0951. The maximum Gasteiger partial charge on any atom is 0.223 e. The van der Waals surface area contributed by atoms with Crippen LogP contribution in [-0.2, 0) is 13.0 Å². The Kier molecular flexibility index (Phi) is 3.26. The van der Waals surface area contributed by atoms with Crippen molar-refractivity contribution in [1.82, 2.24) is 9.97 Å². The summed E-state index contributed by atoms with van der Waals surface area (Å²) in [6.07, 6.45) is 3.06. The van der Waals surface area contributed by atoms with E-state index in [1.54, 1.807) is 6.26 Å². The summed E-state index contributed by atoms with van der Waals surface area (Å²) in [7, 11) is 0. The van der Waals surface area contributed by atoms with Crippen LogP contribution in [0.2, 0.25) is 0 Å². The summed E-state index contributed by atoms with van der Waals surface area (Å²) in [6.45, 7) is 4.48. The van der Waals surface area contributed by atoms with E-state index in [0.717, 1.165) is 23.6 Å². The molecule has 0 saturated carbocycles. The van der Waals surface area contributed by atoms with Crippen molar-refractivity contribution in [2.75, 3.05) is 5.32 Å². The molecule has 0 saturated heterocycles. The Labute approximate surface area is 117 Å². The van der Waals surface area contributed by atoms with E-state index >= 15 is 0 Å². The first kappa shape index (κ1) is 12.8. The summed E-state index contributed by atoms with van der Waals surface area (Å²) in [5.74, 6) is 1.89. The lowest BCUT2D eigenvalue weighted by Gasteiger charge is -2.21. The first-order chi connectivity index (χ1) is 9.63. The minimum absolute atomic E-state index is 0.161. The first-order valence-corrected chi connectivity index (χ1v) is 6.80. The summed E-state index contributed by atoms with van der Waals surface area (Å²) in [5, 5.41) is 3.14. The lowest BCUT2D eigenvalue weighted by atomic mass is 9.86. The summed E-state index contributed by atoms with van der Waals surface area (Å²) in [4.78, 5) is 20.9. The van der Waals surface area contributed by atoms with E-state index in [4.69, 9.17) is 4.42 Å². The van der Waals surface area contributed by atoms with E-state index in [1.807, 2.05) is 19.1 Å². The highest BCUT2D eigenvalue weighted by Crippen LogP contribution is 2.26. The van der Waals surface area contributed by atoms with Crippen molar-refractivity contribution in [3.63, 3.8) is 0 Å². The predicted octanol–water partition coefficient (Wildman–Crippen LogP) is 2.76. The Morgan fingerprint density at radius 2 is 2.25 bits per heavy atom. The maximum atomic E-state index is 12.1. The normalized spacial score (nSPS) is 17.9. The fraction of sp³-hybridized carbons (Fsp3) is 0.400. The van der Waals surface area contributed by atoms with Crippen LogP contribution >= 0.6 is 0 Å². The molecule has 1 atom stereocenters. The van der Waals surface area contributed by atoms with Gasteiger partial charge in [0.05, 0.1) is 29.8 Å². The van der Waals surface area contributed by atoms with Crippen LogP contribution in [0.15, 0.2) is 22.8 Å². The molecule has 0 aliphatic heterocycles. The molecule has 104 valence electrons. The highest BCUT2D eigenvalue weighted by atomic mass is 16.3. The zero-order chi connectivity index (χ0) is 14.1. The van der Waals surface area contributed by atoms with Crippen LogP contribution in [0.3, 0.4) is 0 Å². The van der Waals surface area contributed by atoms with Gasteiger partial charge in [-0.05, 0) is 31.4 Å². The van der Waals surface area contributed by atoms with Gasteiger partial charge in [0, 0.05) is 6.42 Å². The molecule has 1 N–H and O–H groups in total. The summed E-state index contributed by atoms with van der Waals surface area (Å²) in [6, 6.07) is 3.74. The molecule has 0 unspecified atom stereocenters. The Morgan fingerprint density at radius 1 is 1.40 bits per heavy atom. The van der Waals surface area contributed by atoms with Gasteiger partial charge < -0.3 is 9.73 Å². The molecule has 0 bridgehead atoms. The number of nitrogens with one attached hydrogen (secondary N) is 1. The van der Waals surface area contributed by atoms with Gasteiger partial charge in [-0.2, -0.15) is 0 Å². The summed E-state index contributed by atoms with van der Waals surface area (Å²) < 4.78 is 5.26. The van der Waals surface area contributed by atoms with Gasteiger partial charge in [0.1, 0.15) is 5.76 Å². The minimum Gasteiger partial charge on any atom is -0.467 e. The van der Waals surface area contributed by atoms with E-state index in [0.29, 0.717) is 30.4 Å². The van der Waals surface area contributed by atoms with Crippen LogP contribution in [0.5, 0.6) is 0 Å². The standard InChI is InChI=1S/C15H17N3O2/c1-9-6-12-14(13(19)7-9)10(2)17-15(18-12)16-8-11-4-3-5-20-11/h3-5,9H,6-8H2,1-2H3,(H,16,17,18)/t9-/m1/s1. The molecule has 0 fully saturated rings. The van der Waals surface area contributed by atoms with E-state index in [1.165, 1.54) is 0 Å². The third kappa shape index (κ3) is 2.43. The molecule has 1 aliphatic carbocycles. The second-order valence-electron chi connectivity index (χ2n) is 5.32. The number of aromatic nitrogens is 2. The monoisotopic (exact) mass is 271 g/mol. The van der Waals surface area contributed by atoms with Crippen LogP contribution in [0.1, 0.15) is 40.9 Å². The van der Waals surface area contributed by atoms with Crippen LogP contribution in [0.4, 0.5) is 5.95 Å². The SMILES string of the molecule is Cc1nc(NCc2ccco2)nc2c1C(=O)C[C@H](C)C2. The Bertz CT molecular complexity index is 635. The molecule has 0 amide bonds. The third-order valence-corrected chi connectivity index (χ3v) is 3.52. The van der Waals surface area contributed by atoms with Gasteiger partial charge in [-0.1, -0.05) is 6.92 Å². The molecule has 0 spiro atoms. The van der Waals surface area contributed by atoms with Crippen molar-refractivity contribution in [1.29, 1.82) is 0 Å². The van der Waals surface area contributed by atoms with Crippen LogP contribution in [-0.4, -0.2) is 15.8 Å². The average molecular weight is 271 g/mol. The molecule has 1 aliphatic rings. The molecule has 5 heteroatoms. The number of hydrogen-bond donors (Lipinski definition) is 1. The molecule has 2 aromatic rings. The van der Waals surface area contributed by atoms with Crippen molar-refractivity contribution in [3.05, 3.63) is 41.1 Å². The smallest absolute Gasteiger partial charge is 0.223 e. The van der Waals surface area contributed by atoms with Crippen LogP contribution < -0.4 is 5.32 Å². The number of carbonyl (C=O) groups excluding carboxylic acids is 1. The number of carbonyl (C=O) groups is 1. The number of rotatable bonds is 3. The molecule has 20 heavy (non-hydrogen) atoms. The van der Waals surface area contributed by atoms with E-state index in [-0.39, 0.29) is 5.78 Å². The van der Waals surface area contributed by atoms with Crippen molar-refractivity contribution in [2.45, 2.75) is 33.2 Å².